The van der Waals surface area contributed by atoms with Crippen molar-refractivity contribution in [3.8, 4) is 11.3 Å². The molecular weight excluding hydrogens is 424 g/mol. The highest BCUT2D eigenvalue weighted by molar-refractivity contribution is 7.14. The maximum absolute atomic E-state index is 9.21. The van der Waals surface area contributed by atoms with E-state index in [1.165, 1.54) is 62.1 Å². The molecule has 1 aromatic heterocycles. The smallest absolute Gasteiger partial charge is 0.185 e. The molecule has 1 atom stereocenters. The van der Waals surface area contributed by atoms with E-state index in [1.54, 1.807) is 22.5 Å². The molecule has 0 spiro atoms. The van der Waals surface area contributed by atoms with Gasteiger partial charge in [-0.2, -0.15) is 0 Å². The average Bonchev–Trinajstić information content (AvgIpc) is 3.37. The fraction of sp³-hybridized carbons (Fsp3) is 0.690. The third kappa shape index (κ3) is 4.62. The Labute approximate surface area is 205 Å². The Bertz CT molecular complexity index is 912. The van der Waals surface area contributed by atoms with E-state index in [2.05, 4.69) is 56.2 Å². The van der Waals surface area contributed by atoms with Crippen molar-refractivity contribution < 1.29 is 5.11 Å². The molecule has 2 aliphatic rings. The van der Waals surface area contributed by atoms with Crippen molar-refractivity contribution in [1.29, 1.82) is 0 Å². The van der Waals surface area contributed by atoms with Crippen LogP contribution in [0.1, 0.15) is 103 Å². The first-order valence-corrected chi connectivity index (χ1v) is 14.4. The van der Waals surface area contributed by atoms with Crippen LogP contribution in [0.2, 0.25) is 0 Å². The van der Waals surface area contributed by atoms with Crippen molar-refractivity contribution in [2.24, 2.45) is 5.92 Å². The normalized spacial score (nSPS) is 21.7. The highest BCUT2D eigenvalue weighted by Gasteiger charge is 2.43. The van der Waals surface area contributed by atoms with Crippen LogP contribution in [0.3, 0.4) is 0 Å². The summed E-state index contributed by atoms with van der Waals surface area (Å²) in [7, 11) is 0. The number of hydrogen-bond donors (Lipinski definition) is 1. The Morgan fingerprint density at radius 2 is 1.73 bits per heavy atom. The largest absolute Gasteiger partial charge is 0.396 e. The maximum atomic E-state index is 9.21. The lowest BCUT2D eigenvalue weighted by Crippen LogP contribution is -2.39. The molecule has 33 heavy (non-hydrogen) atoms. The van der Waals surface area contributed by atoms with Crippen molar-refractivity contribution in [3.63, 3.8) is 0 Å². The van der Waals surface area contributed by atoms with Crippen LogP contribution in [0.15, 0.2) is 23.6 Å². The van der Waals surface area contributed by atoms with Crippen molar-refractivity contribution in [3.05, 3.63) is 34.7 Å². The van der Waals surface area contributed by atoms with E-state index in [4.69, 9.17) is 4.98 Å². The van der Waals surface area contributed by atoms with Crippen molar-refractivity contribution in [1.82, 2.24) is 4.98 Å². The predicted octanol–water partition coefficient (Wildman–Crippen LogP) is 7.71. The van der Waals surface area contributed by atoms with Gasteiger partial charge in [-0.3, -0.25) is 0 Å². The summed E-state index contributed by atoms with van der Waals surface area (Å²) in [5.41, 5.74) is 6.30. The lowest BCUT2D eigenvalue weighted by atomic mass is 9.57. The number of benzene rings is 1. The van der Waals surface area contributed by atoms with Crippen LogP contribution in [-0.2, 0) is 10.8 Å². The summed E-state index contributed by atoms with van der Waals surface area (Å²) in [6, 6.07) is 7.32. The molecule has 1 aliphatic heterocycles. The topological polar surface area (TPSA) is 36.4 Å². The van der Waals surface area contributed by atoms with Crippen LogP contribution in [-0.4, -0.2) is 29.8 Å². The van der Waals surface area contributed by atoms with Gasteiger partial charge in [-0.15, -0.1) is 11.3 Å². The van der Waals surface area contributed by atoms with E-state index in [9.17, 15) is 5.11 Å². The Morgan fingerprint density at radius 3 is 2.39 bits per heavy atom. The molecule has 1 unspecified atom stereocenters. The van der Waals surface area contributed by atoms with Crippen molar-refractivity contribution in [2.45, 2.75) is 103 Å². The van der Waals surface area contributed by atoms with Crippen LogP contribution in [0, 0.1) is 5.92 Å². The number of piperidine rings is 1. The van der Waals surface area contributed by atoms with E-state index in [-0.39, 0.29) is 0 Å². The Kier molecular flexibility index (Phi) is 7.85. The van der Waals surface area contributed by atoms with Gasteiger partial charge in [0.1, 0.15) is 0 Å². The zero-order valence-corrected chi connectivity index (χ0v) is 22.1. The van der Waals surface area contributed by atoms with Gasteiger partial charge in [-0.25, -0.2) is 4.98 Å². The molecule has 2 heterocycles. The molecule has 1 N–H and O–H groups in total. The molecule has 4 heteroatoms. The summed E-state index contributed by atoms with van der Waals surface area (Å²) in [6.45, 7) is 12.0. The summed E-state index contributed by atoms with van der Waals surface area (Å²) >= 11 is 1.80. The average molecular weight is 469 g/mol. The second-order valence-corrected chi connectivity index (χ2v) is 11.4. The van der Waals surface area contributed by atoms with Gasteiger partial charge in [0.05, 0.1) is 5.69 Å². The van der Waals surface area contributed by atoms with Gasteiger partial charge in [0.2, 0.25) is 0 Å². The molecule has 1 aliphatic carbocycles. The number of aliphatic hydroxyl groups is 1. The first-order valence-electron chi connectivity index (χ1n) is 13.5. The monoisotopic (exact) mass is 468 g/mol. The van der Waals surface area contributed by atoms with Gasteiger partial charge in [-0.05, 0) is 98.1 Å². The van der Waals surface area contributed by atoms with E-state index in [1.807, 2.05) is 0 Å². The van der Waals surface area contributed by atoms with Gasteiger partial charge in [0.25, 0.3) is 0 Å². The summed E-state index contributed by atoms with van der Waals surface area (Å²) in [4.78, 5) is 7.62. The second kappa shape index (κ2) is 10.5. The number of rotatable bonds is 9. The van der Waals surface area contributed by atoms with E-state index in [0.29, 0.717) is 23.4 Å². The van der Waals surface area contributed by atoms with Crippen LogP contribution in [0.25, 0.3) is 11.3 Å². The highest BCUT2D eigenvalue weighted by Crippen LogP contribution is 2.53. The lowest BCUT2D eigenvalue weighted by molar-refractivity contribution is 0.239. The molecule has 0 radical (unpaired) electrons. The second-order valence-electron chi connectivity index (χ2n) is 10.6. The Hall–Kier alpha value is -1.39. The standard InChI is InChI=1S/C29H44N2OS/c1-5-28(6-2)15-16-29(7-3,8-4)25-19-23(13-14-24(25)28)26-21-33-27(30-26)31-17-9-11-22(20-31)12-10-18-32/h13-14,19,21-22,32H,5-12,15-18,20H2,1-4H3. The van der Waals surface area contributed by atoms with Crippen LogP contribution in [0.5, 0.6) is 0 Å². The Morgan fingerprint density at radius 1 is 1.03 bits per heavy atom. The Balaban J connectivity index is 1.64. The third-order valence-corrected chi connectivity index (χ3v) is 10.2. The highest BCUT2D eigenvalue weighted by atomic mass is 32.1. The van der Waals surface area contributed by atoms with Gasteiger partial charge < -0.3 is 10.0 Å². The van der Waals surface area contributed by atoms with E-state index in [0.717, 1.165) is 31.6 Å². The number of aliphatic hydroxyl groups excluding tert-OH is 1. The summed E-state index contributed by atoms with van der Waals surface area (Å²) in [5.74, 6) is 0.688. The molecule has 1 saturated heterocycles. The summed E-state index contributed by atoms with van der Waals surface area (Å²) in [6.07, 6.45) is 12.1. The van der Waals surface area contributed by atoms with Crippen molar-refractivity contribution in [2.75, 3.05) is 24.6 Å². The van der Waals surface area contributed by atoms with E-state index < -0.39 is 0 Å². The first-order chi connectivity index (χ1) is 16.0. The molecule has 2 aromatic rings. The predicted molar refractivity (Wildman–Crippen MR) is 143 cm³/mol. The van der Waals surface area contributed by atoms with Gasteiger partial charge in [0.15, 0.2) is 5.13 Å². The summed E-state index contributed by atoms with van der Waals surface area (Å²) < 4.78 is 0. The minimum Gasteiger partial charge on any atom is -0.396 e. The van der Waals surface area contributed by atoms with Crippen LogP contribution in [0.4, 0.5) is 5.13 Å². The van der Waals surface area contributed by atoms with Crippen LogP contribution < -0.4 is 4.90 Å². The fourth-order valence-corrected chi connectivity index (χ4v) is 7.59. The number of fused-ring (bicyclic) bond motifs is 1. The van der Waals surface area contributed by atoms with Crippen molar-refractivity contribution >= 4 is 16.5 Å². The lowest BCUT2D eigenvalue weighted by Gasteiger charge is -2.48. The zero-order chi connectivity index (χ0) is 23.5. The maximum Gasteiger partial charge on any atom is 0.185 e. The van der Waals surface area contributed by atoms with Gasteiger partial charge in [-0.1, -0.05) is 39.8 Å². The quantitative estimate of drug-likeness (QED) is 0.409. The first kappa shape index (κ1) is 24.7. The number of aromatic nitrogens is 1. The third-order valence-electron chi connectivity index (χ3n) is 9.30. The van der Waals surface area contributed by atoms with Gasteiger partial charge in [0, 0.05) is 30.6 Å². The molecule has 1 aromatic carbocycles. The number of anilines is 1. The molecule has 3 nitrogen and oxygen atoms in total. The summed E-state index contributed by atoms with van der Waals surface area (Å²) in [5, 5.41) is 12.6. The fourth-order valence-electron chi connectivity index (χ4n) is 6.72. The van der Waals surface area contributed by atoms with Crippen LogP contribution >= 0.6 is 11.3 Å². The number of hydrogen-bond acceptors (Lipinski definition) is 4. The molecule has 182 valence electrons. The van der Waals surface area contributed by atoms with Gasteiger partial charge >= 0.3 is 0 Å². The molecule has 4 rings (SSSR count). The zero-order valence-electron chi connectivity index (χ0n) is 21.3. The number of nitrogens with zero attached hydrogens (tertiary/aromatic N) is 2. The molecule has 1 fully saturated rings. The molecule has 0 saturated carbocycles. The molecule has 0 bridgehead atoms. The van der Waals surface area contributed by atoms with E-state index >= 15 is 0 Å². The minimum atomic E-state index is 0.310. The number of thiazole rings is 1. The minimum absolute atomic E-state index is 0.310. The SMILES string of the molecule is CCC1(CC)CCC(CC)(CC)c2cc(-c3csc(N4CCCC(CCCO)C4)n3)ccc21. The molecule has 0 amide bonds. The molecular formula is C29H44N2OS.